The number of unbranched alkanes of at least 4 members (excludes halogenated alkanes) is 9. The second-order valence-corrected chi connectivity index (χ2v) is 14.0. The van der Waals surface area contributed by atoms with Crippen molar-refractivity contribution in [1.29, 1.82) is 0 Å². The molecule has 6 nitrogen and oxygen atoms in total. The van der Waals surface area contributed by atoms with E-state index in [0.29, 0.717) is 6.42 Å². The lowest BCUT2D eigenvalue weighted by Gasteiger charge is -2.35. The van der Waals surface area contributed by atoms with Crippen LogP contribution in [0.15, 0.2) is 0 Å². The first kappa shape index (κ1) is 29.6. The molecule has 1 aliphatic heterocycles. The molecule has 0 amide bonds. The van der Waals surface area contributed by atoms with Gasteiger partial charge in [-0.1, -0.05) is 85.5 Å². The minimum atomic E-state index is -2.03. The van der Waals surface area contributed by atoms with Crippen LogP contribution in [0.2, 0.25) is 18.1 Å². The van der Waals surface area contributed by atoms with Crippen molar-refractivity contribution in [3.8, 4) is 0 Å². The Morgan fingerprint density at radius 2 is 1.38 bits per heavy atom. The molecule has 4 atom stereocenters. The molecule has 0 bridgehead atoms. The Bertz CT molecular complexity index is 504. The Kier molecular flexibility index (Phi) is 14.3. The van der Waals surface area contributed by atoms with Crippen LogP contribution in [-0.2, 0) is 23.4 Å². The molecule has 1 aliphatic rings. The summed E-state index contributed by atoms with van der Waals surface area (Å²) in [7, 11) is 0.854. The van der Waals surface area contributed by atoms with Gasteiger partial charge in [-0.3, -0.25) is 0 Å². The summed E-state index contributed by atoms with van der Waals surface area (Å²) in [5, 5.41) is 11.3. The van der Waals surface area contributed by atoms with Gasteiger partial charge in [0.2, 0.25) is 0 Å². The largest absolute Gasteiger partial charge is 0.467 e. The van der Waals surface area contributed by atoms with E-state index in [9.17, 15) is 9.90 Å². The number of carbonyl (C=O) groups excluding carboxylic acids is 1. The smallest absolute Gasteiger partial charge is 0.341 e. The quantitative estimate of drug-likeness (QED) is 0.150. The molecule has 1 N–H and O–H groups in total. The van der Waals surface area contributed by atoms with Crippen LogP contribution in [0.1, 0.15) is 98.3 Å². The number of hydrogen-bond donors (Lipinski definition) is 1. The lowest BCUT2D eigenvalue weighted by atomic mass is 9.89. The fourth-order valence-corrected chi connectivity index (χ4v) is 7.69. The Labute approximate surface area is 197 Å². The normalized spacial score (nSPS) is 25.9. The van der Waals surface area contributed by atoms with Crippen LogP contribution in [-0.4, -0.2) is 57.7 Å². The molecular weight excluding hydrogens is 424 g/mol. The molecule has 0 saturated carbocycles. The number of aliphatic hydroxyl groups excluding tert-OH is 1. The number of carbonyl (C=O) groups is 1. The van der Waals surface area contributed by atoms with Gasteiger partial charge in [0.1, 0.15) is 12.2 Å². The maximum Gasteiger partial charge on any atom is 0.341 e. The topological polar surface area (TPSA) is 74.2 Å². The standard InChI is InChI=1S/C25H50O6Si/c1-7-11-12-13-14-15-16-17-18-19-20-25(24(27)29-6)22(26)21(23(28-5)30-25)31-32(8-2,9-3)10-4/h21-23,26H,7-20H2,1-6H3/t21-,22-,23-,25+/m0/s1. The second-order valence-electron chi connectivity index (χ2n) is 9.31. The molecule has 0 aromatic rings. The zero-order valence-electron chi connectivity index (χ0n) is 21.6. The van der Waals surface area contributed by atoms with Gasteiger partial charge >= 0.3 is 5.97 Å². The van der Waals surface area contributed by atoms with Gasteiger partial charge in [-0.2, -0.15) is 0 Å². The number of rotatable bonds is 18. The molecule has 0 aromatic heterocycles. The van der Waals surface area contributed by atoms with E-state index in [1.165, 1.54) is 59.2 Å². The number of hydrogen-bond acceptors (Lipinski definition) is 6. The van der Waals surface area contributed by atoms with Gasteiger partial charge in [0.05, 0.1) is 7.11 Å². The molecular formula is C25H50O6Si. The molecule has 1 fully saturated rings. The average Bonchev–Trinajstić information content (AvgIpc) is 3.09. The summed E-state index contributed by atoms with van der Waals surface area (Å²) >= 11 is 0. The molecule has 190 valence electrons. The van der Waals surface area contributed by atoms with Crippen LogP contribution >= 0.6 is 0 Å². The zero-order chi connectivity index (χ0) is 24.0. The third-order valence-electron chi connectivity index (χ3n) is 7.37. The van der Waals surface area contributed by atoms with Crippen LogP contribution in [0.4, 0.5) is 0 Å². The first-order valence-electron chi connectivity index (χ1n) is 13.0. The Morgan fingerprint density at radius 3 is 1.81 bits per heavy atom. The Morgan fingerprint density at radius 1 is 0.875 bits per heavy atom. The molecule has 32 heavy (non-hydrogen) atoms. The third-order valence-corrected chi connectivity index (χ3v) is 12.0. The van der Waals surface area contributed by atoms with Gasteiger partial charge in [-0.25, -0.2) is 4.79 Å². The number of aliphatic hydroxyl groups is 1. The van der Waals surface area contributed by atoms with Crippen molar-refractivity contribution < 1.29 is 28.5 Å². The summed E-state index contributed by atoms with van der Waals surface area (Å²) in [4.78, 5) is 12.8. The van der Waals surface area contributed by atoms with E-state index in [1.807, 2.05) is 0 Å². The summed E-state index contributed by atoms with van der Waals surface area (Å²) in [5.41, 5.74) is -1.42. The van der Waals surface area contributed by atoms with E-state index in [-0.39, 0.29) is 0 Å². The summed E-state index contributed by atoms with van der Waals surface area (Å²) in [6.45, 7) is 8.66. The lowest BCUT2D eigenvalue weighted by molar-refractivity contribution is -0.202. The summed E-state index contributed by atoms with van der Waals surface area (Å²) in [6, 6.07) is 2.84. The van der Waals surface area contributed by atoms with E-state index >= 15 is 0 Å². The van der Waals surface area contributed by atoms with Crippen molar-refractivity contribution in [1.82, 2.24) is 0 Å². The fourth-order valence-electron chi connectivity index (χ4n) is 4.87. The van der Waals surface area contributed by atoms with Gasteiger partial charge in [-0.05, 0) is 31.0 Å². The Balaban J connectivity index is 2.70. The van der Waals surface area contributed by atoms with Gasteiger partial charge in [0.15, 0.2) is 20.2 Å². The highest BCUT2D eigenvalue weighted by atomic mass is 28.4. The average molecular weight is 475 g/mol. The predicted octanol–water partition coefficient (Wildman–Crippen LogP) is 5.96. The molecule has 1 rings (SSSR count). The van der Waals surface area contributed by atoms with E-state index in [4.69, 9.17) is 18.6 Å². The highest BCUT2D eigenvalue weighted by Crippen LogP contribution is 2.41. The van der Waals surface area contributed by atoms with Crippen LogP contribution in [0.5, 0.6) is 0 Å². The minimum Gasteiger partial charge on any atom is -0.467 e. The molecule has 1 saturated heterocycles. The molecule has 7 heteroatoms. The molecule has 1 heterocycles. The van der Waals surface area contributed by atoms with Gasteiger partial charge < -0.3 is 23.7 Å². The maximum absolute atomic E-state index is 12.8. The SMILES string of the molecule is CCCCCCCCCCCC[C@@]1(C(=O)OC)O[C@H](OC)[C@@H](O[Si](CC)(CC)CC)[C@@H]1O. The molecule has 0 aliphatic carbocycles. The van der Waals surface area contributed by atoms with Crippen molar-refractivity contribution in [3.05, 3.63) is 0 Å². The van der Waals surface area contributed by atoms with Crippen molar-refractivity contribution in [2.75, 3.05) is 14.2 Å². The lowest BCUT2D eigenvalue weighted by Crippen LogP contribution is -2.53. The fraction of sp³-hybridized carbons (Fsp3) is 0.960. The zero-order valence-corrected chi connectivity index (χ0v) is 22.6. The van der Waals surface area contributed by atoms with Crippen molar-refractivity contribution >= 4 is 14.3 Å². The second kappa shape index (κ2) is 15.4. The molecule has 0 aromatic carbocycles. The number of methoxy groups -OCH3 is 2. The summed E-state index contributed by atoms with van der Waals surface area (Å²) in [6.07, 6.45) is 9.87. The van der Waals surface area contributed by atoms with E-state index in [1.54, 1.807) is 0 Å². The van der Waals surface area contributed by atoms with Gasteiger partial charge in [0, 0.05) is 7.11 Å². The summed E-state index contributed by atoms with van der Waals surface area (Å²) in [5.74, 6) is -0.536. The molecule has 0 spiro atoms. The van der Waals surface area contributed by atoms with Crippen LogP contribution in [0.3, 0.4) is 0 Å². The van der Waals surface area contributed by atoms with Crippen molar-refractivity contribution in [2.45, 2.75) is 141 Å². The molecule has 0 radical (unpaired) electrons. The third kappa shape index (κ3) is 7.79. The van der Waals surface area contributed by atoms with Crippen LogP contribution < -0.4 is 0 Å². The van der Waals surface area contributed by atoms with Crippen LogP contribution in [0, 0.1) is 0 Å². The highest BCUT2D eigenvalue weighted by Gasteiger charge is 2.61. The van der Waals surface area contributed by atoms with Crippen molar-refractivity contribution in [2.24, 2.45) is 0 Å². The molecule has 0 unspecified atom stereocenters. The predicted molar refractivity (Wildman–Crippen MR) is 131 cm³/mol. The van der Waals surface area contributed by atoms with E-state index < -0.39 is 38.4 Å². The van der Waals surface area contributed by atoms with Crippen LogP contribution in [0.25, 0.3) is 0 Å². The van der Waals surface area contributed by atoms with E-state index in [2.05, 4.69) is 27.7 Å². The Hall–Kier alpha value is -0.473. The number of esters is 1. The van der Waals surface area contributed by atoms with Crippen molar-refractivity contribution in [3.63, 3.8) is 0 Å². The minimum absolute atomic E-state index is 0.413. The maximum atomic E-state index is 12.8. The first-order valence-corrected chi connectivity index (χ1v) is 15.6. The highest BCUT2D eigenvalue weighted by molar-refractivity contribution is 6.73. The summed E-state index contributed by atoms with van der Waals surface area (Å²) < 4.78 is 23.2. The number of ether oxygens (including phenoxy) is 3. The monoisotopic (exact) mass is 474 g/mol. The van der Waals surface area contributed by atoms with Gasteiger partial charge in [0.25, 0.3) is 0 Å². The van der Waals surface area contributed by atoms with E-state index in [0.717, 1.165) is 37.4 Å². The first-order chi connectivity index (χ1) is 15.4. The van der Waals surface area contributed by atoms with Gasteiger partial charge in [-0.15, -0.1) is 0 Å².